The van der Waals surface area contributed by atoms with Gasteiger partial charge in [-0.1, -0.05) is 60.7 Å². The number of nitrogens with zero attached hydrogens (tertiary/aromatic N) is 1. The monoisotopic (exact) mass is 752 g/mol. The Bertz CT molecular complexity index is 1850. The molecule has 3 amide bonds. The minimum atomic E-state index is -0.502. The summed E-state index contributed by atoms with van der Waals surface area (Å²) >= 11 is 3.65. The van der Waals surface area contributed by atoms with Crippen molar-refractivity contribution < 1.29 is 14.4 Å². The van der Waals surface area contributed by atoms with Gasteiger partial charge in [0.15, 0.2) is 0 Å². The normalized spacial score (nSPS) is 11.7. The van der Waals surface area contributed by atoms with Gasteiger partial charge in [0, 0.05) is 45.2 Å². The summed E-state index contributed by atoms with van der Waals surface area (Å²) in [7, 11) is 3.91. The van der Waals surface area contributed by atoms with Gasteiger partial charge in [-0.15, -0.1) is 11.8 Å². The van der Waals surface area contributed by atoms with Crippen molar-refractivity contribution in [2.24, 2.45) is 0 Å². The van der Waals surface area contributed by atoms with Gasteiger partial charge in [-0.05, 0) is 113 Å². The van der Waals surface area contributed by atoms with E-state index in [4.69, 9.17) is 0 Å². The van der Waals surface area contributed by atoms with Crippen molar-refractivity contribution in [2.45, 2.75) is 10.1 Å². The standard InChI is InChI=1S/C38H33IN4O3S/c1-43(2)32-21-13-26(14-22-32)25-34(42-36(44)28-11-7-4-8-12-28)37(45)40-31-19-23-33(24-20-31)47-35(27-9-5-3-6-10-27)38(46)41-30-17-15-29(39)16-18-30/h3-25,35H,1-2H3,(H,40,45)(H,41,46)(H,42,44)/b34-25-. The maximum Gasteiger partial charge on any atom is 0.272 e. The van der Waals surface area contributed by atoms with Crippen molar-refractivity contribution in [2.75, 3.05) is 29.6 Å². The average molecular weight is 753 g/mol. The number of hydrogen-bond donors (Lipinski definition) is 3. The first kappa shape index (κ1) is 33.5. The molecule has 236 valence electrons. The van der Waals surface area contributed by atoms with Crippen LogP contribution in [0.5, 0.6) is 0 Å². The van der Waals surface area contributed by atoms with Gasteiger partial charge in [-0.3, -0.25) is 14.4 Å². The molecule has 5 rings (SSSR count). The SMILES string of the molecule is CN(C)c1ccc(/C=C(\NC(=O)c2ccccc2)C(=O)Nc2ccc(SC(C(=O)Nc3ccc(I)cc3)c3ccccc3)cc2)cc1. The van der Waals surface area contributed by atoms with Gasteiger partial charge in [-0.2, -0.15) is 0 Å². The van der Waals surface area contributed by atoms with Crippen LogP contribution in [0.25, 0.3) is 6.08 Å². The topological polar surface area (TPSA) is 90.5 Å². The molecular weight excluding hydrogens is 719 g/mol. The van der Waals surface area contributed by atoms with Crippen LogP contribution in [0.2, 0.25) is 0 Å². The number of anilines is 3. The number of thioether (sulfide) groups is 1. The van der Waals surface area contributed by atoms with E-state index in [1.807, 2.05) is 116 Å². The quantitative estimate of drug-likeness (QED) is 0.0719. The second-order valence-electron chi connectivity index (χ2n) is 10.7. The van der Waals surface area contributed by atoms with Crippen molar-refractivity contribution in [3.8, 4) is 0 Å². The maximum atomic E-state index is 13.5. The van der Waals surface area contributed by atoms with Crippen LogP contribution in [0.3, 0.4) is 0 Å². The number of carbonyl (C=O) groups is 3. The summed E-state index contributed by atoms with van der Waals surface area (Å²) in [6.45, 7) is 0. The average Bonchev–Trinajstić information content (AvgIpc) is 3.09. The van der Waals surface area contributed by atoms with Gasteiger partial charge >= 0.3 is 0 Å². The Morgan fingerprint density at radius 3 is 1.89 bits per heavy atom. The van der Waals surface area contributed by atoms with E-state index >= 15 is 0 Å². The molecule has 0 spiro atoms. The maximum absolute atomic E-state index is 13.5. The summed E-state index contributed by atoms with van der Waals surface area (Å²) in [6, 6.07) is 41.0. The molecule has 9 heteroatoms. The highest BCUT2D eigenvalue weighted by molar-refractivity contribution is 14.1. The lowest BCUT2D eigenvalue weighted by atomic mass is 10.1. The molecule has 0 aromatic heterocycles. The first-order chi connectivity index (χ1) is 22.7. The van der Waals surface area contributed by atoms with Crippen LogP contribution in [0.1, 0.15) is 26.7 Å². The fourth-order valence-corrected chi connectivity index (χ4v) is 5.96. The molecule has 7 nitrogen and oxygen atoms in total. The molecule has 0 saturated carbocycles. The number of nitrogens with one attached hydrogen (secondary N) is 3. The third-order valence-corrected chi connectivity index (χ3v) is 9.05. The molecule has 1 atom stereocenters. The van der Waals surface area contributed by atoms with E-state index in [1.54, 1.807) is 42.5 Å². The van der Waals surface area contributed by atoms with Crippen LogP contribution in [0, 0.1) is 3.57 Å². The molecule has 1 unspecified atom stereocenters. The van der Waals surface area contributed by atoms with Crippen LogP contribution < -0.4 is 20.9 Å². The molecule has 0 aliphatic heterocycles. The molecule has 0 heterocycles. The zero-order chi connectivity index (χ0) is 33.2. The number of carbonyl (C=O) groups excluding carboxylic acids is 3. The summed E-state index contributed by atoms with van der Waals surface area (Å²) < 4.78 is 1.08. The van der Waals surface area contributed by atoms with Gasteiger partial charge in [0.05, 0.1) is 0 Å². The van der Waals surface area contributed by atoms with Gasteiger partial charge in [0.1, 0.15) is 10.9 Å². The predicted molar refractivity (Wildman–Crippen MR) is 201 cm³/mol. The van der Waals surface area contributed by atoms with Crippen LogP contribution >= 0.6 is 34.4 Å². The zero-order valence-electron chi connectivity index (χ0n) is 25.8. The van der Waals surface area contributed by atoms with Crippen LogP contribution in [-0.4, -0.2) is 31.8 Å². The summed E-state index contributed by atoms with van der Waals surface area (Å²) in [6.07, 6.45) is 1.65. The van der Waals surface area contributed by atoms with Gasteiger partial charge in [0.25, 0.3) is 11.8 Å². The first-order valence-electron chi connectivity index (χ1n) is 14.8. The molecule has 0 aliphatic carbocycles. The third-order valence-electron chi connectivity index (χ3n) is 7.07. The van der Waals surface area contributed by atoms with E-state index in [0.29, 0.717) is 11.3 Å². The fourth-order valence-electron chi connectivity index (χ4n) is 4.57. The summed E-state index contributed by atoms with van der Waals surface area (Å²) in [5.74, 6) is -0.994. The lowest BCUT2D eigenvalue weighted by molar-refractivity contribution is -0.116. The molecule has 0 saturated heterocycles. The number of halogens is 1. The van der Waals surface area contributed by atoms with Crippen molar-refractivity contribution >= 4 is 75.2 Å². The van der Waals surface area contributed by atoms with Crippen molar-refractivity contribution in [1.29, 1.82) is 0 Å². The molecular formula is C38H33IN4O3S. The zero-order valence-corrected chi connectivity index (χ0v) is 28.8. The minimum Gasteiger partial charge on any atom is -0.378 e. The molecule has 5 aromatic carbocycles. The Balaban J connectivity index is 1.33. The number of hydrogen-bond acceptors (Lipinski definition) is 5. The highest BCUT2D eigenvalue weighted by Crippen LogP contribution is 2.37. The lowest BCUT2D eigenvalue weighted by Crippen LogP contribution is -2.30. The number of rotatable bonds is 11. The second-order valence-corrected chi connectivity index (χ2v) is 13.2. The van der Waals surface area contributed by atoms with Gasteiger partial charge in [-0.25, -0.2) is 0 Å². The third kappa shape index (κ3) is 9.57. The fraction of sp³-hybridized carbons (Fsp3) is 0.0789. The van der Waals surface area contributed by atoms with Crippen molar-refractivity contribution in [3.05, 3.63) is 159 Å². The molecule has 0 aliphatic rings. The number of amides is 3. The smallest absolute Gasteiger partial charge is 0.272 e. The van der Waals surface area contributed by atoms with E-state index < -0.39 is 11.2 Å². The molecule has 0 fully saturated rings. The highest BCUT2D eigenvalue weighted by Gasteiger charge is 2.22. The van der Waals surface area contributed by atoms with E-state index in [9.17, 15) is 14.4 Å². The first-order valence-corrected chi connectivity index (χ1v) is 16.8. The summed E-state index contributed by atoms with van der Waals surface area (Å²) in [4.78, 5) is 42.8. The largest absolute Gasteiger partial charge is 0.378 e. The highest BCUT2D eigenvalue weighted by atomic mass is 127. The molecule has 5 aromatic rings. The predicted octanol–water partition coefficient (Wildman–Crippen LogP) is 8.24. The Morgan fingerprint density at radius 1 is 0.702 bits per heavy atom. The minimum absolute atomic E-state index is 0.103. The Hall–Kier alpha value is -4.87. The summed E-state index contributed by atoms with van der Waals surface area (Å²) in [5.41, 5.74) is 4.47. The Morgan fingerprint density at radius 2 is 1.28 bits per heavy atom. The Labute approximate surface area is 292 Å². The van der Waals surface area contributed by atoms with E-state index in [0.717, 1.165) is 31.0 Å². The second kappa shape index (κ2) is 16.1. The van der Waals surface area contributed by atoms with E-state index in [1.165, 1.54) is 11.8 Å². The van der Waals surface area contributed by atoms with Gasteiger partial charge in [0.2, 0.25) is 5.91 Å². The van der Waals surface area contributed by atoms with Crippen LogP contribution in [0.15, 0.2) is 144 Å². The summed E-state index contributed by atoms with van der Waals surface area (Å²) in [5, 5.41) is 8.21. The van der Waals surface area contributed by atoms with Crippen LogP contribution in [-0.2, 0) is 9.59 Å². The Kier molecular flexibility index (Phi) is 11.5. The lowest BCUT2D eigenvalue weighted by Gasteiger charge is -2.17. The number of benzene rings is 5. The molecule has 0 bridgehead atoms. The molecule has 47 heavy (non-hydrogen) atoms. The van der Waals surface area contributed by atoms with Crippen molar-refractivity contribution in [3.63, 3.8) is 0 Å². The van der Waals surface area contributed by atoms with E-state index in [2.05, 4.69) is 38.5 Å². The van der Waals surface area contributed by atoms with Crippen molar-refractivity contribution in [1.82, 2.24) is 5.32 Å². The van der Waals surface area contributed by atoms with E-state index in [-0.39, 0.29) is 17.5 Å². The van der Waals surface area contributed by atoms with Crippen LogP contribution in [0.4, 0.5) is 17.1 Å². The van der Waals surface area contributed by atoms with Gasteiger partial charge < -0.3 is 20.9 Å². The molecule has 0 radical (unpaired) electrons. The molecule has 3 N–H and O–H groups in total.